The van der Waals surface area contributed by atoms with E-state index >= 15 is 0 Å². The first-order valence-corrected chi connectivity index (χ1v) is 7.22. The third-order valence-electron chi connectivity index (χ3n) is 4.33. The fourth-order valence-corrected chi connectivity index (χ4v) is 2.91. The van der Waals surface area contributed by atoms with Crippen LogP contribution in [0.3, 0.4) is 0 Å². The summed E-state index contributed by atoms with van der Waals surface area (Å²) in [7, 11) is 0. The molecule has 2 heterocycles. The van der Waals surface area contributed by atoms with E-state index in [1.54, 1.807) is 13.2 Å². The SMILES string of the molecule is CC(C(=O)O)C1CN(C(c2ccccc2)c2ccco2)C1. The molecule has 0 spiro atoms. The van der Waals surface area contributed by atoms with Crippen LogP contribution in [0.5, 0.6) is 0 Å². The molecule has 0 saturated carbocycles. The summed E-state index contributed by atoms with van der Waals surface area (Å²) in [5.74, 6) is 0.106. The predicted molar refractivity (Wildman–Crippen MR) is 78.9 cm³/mol. The Bertz CT molecular complexity index is 588. The van der Waals surface area contributed by atoms with Crippen molar-refractivity contribution in [2.45, 2.75) is 13.0 Å². The fourth-order valence-electron chi connectivity index (χ4n) is 2.91. The molecule has 0 radical (unpaired) electrons. The third-order valence-corrected chi connectivity index (χ3v) is 4.33. The van der Waals surface area contributed by atoms with Gasteiger partial charge in [0.2, 0.25) is 0 Å². The summed E-state index contributed by atoms with van der Waals surface area (Å²) in [4.78, 5) is 13.3. The molecule has 3 rings (SSSR count). The minimum atomic E-state index is -0.714. The number of hydrogen-bond donors (Lipinski definition) is 1. The number of carboxylic acid groups (broad SMARTS) is 1. The van der Waals surface area contributed by atoms with Crippen molar-refractivity contribution in [2.24, 2.45) is 11.8 Å². The minimum absolute atomic E-state index is 0.0680. The lowest BCUT2D eigenvalue weighted by atomic mass is 9.84. The zero-order valence-corrected chi connectivity index (χ0v) is 12.0. The molecule has 2 aromatic rings. The second-order valence-electron chi connectivity index (χ2n) is 5.67. The summed E-state index contributed by atoms with van der Waals surface area (Å²) in [5, 5.41) is 9.11. The monoisotopic (exact) mass is 285 g/mol. The zero-order chi connectivity index (χ0) is 14.8. The van der Waals surface area contributed by atoms with Gasteiger partial charge in [-0.05, 0) is 23.6 Å². The Morgan fingerprint density at radius 3 is 2.52 bits per heavy atom. The van der Waals surface area contributed by atoms with Crippen LogP contribution in [0.25, 0.3) is 0 Å². The third kappa shape index (κ3) is 2.72. The Hall–Kier alpha value is -2.07. The average Bonchev–Trinajstić information content (AvgIpc) is 2.96. The Morgan fingerprint density at radius 1 is 1.24 bits per heavy atom. The fraction of sp³-hybridized carbons (Fsp3) is 0.353. The molecular formula is C17H19NO3. The molecule has 0 bridgehead atoms. The van der Waals surface area contributed by atoms with Gasteiger partial charge in [0.25, 0.3) is 0 Å². The van der Waals surface area contributed by atoms with Crippen LogP contribution in [0.4, 0.5) is 0 Å². The molecule has 1 fully saturated rings. The number of benzene rings is 1. The second-order valence-corrected chi connectivity index (χ2v) is 5.67. The maximum Gasteiger partial charge on any atom is 0.306 e. The number of carbonyl (C=O) groups is 1. The van der Waals surface area contributed by atoms with Crippen LogP contribution in [-0.4, -0.2) is 29.1 Å². The van der Waals surface area contributed by atoms with Crippen LogP contribution in [0.1, 0.15) is 24.3 Å². The van der Waals surface area contributed by atoms with Gasteiger partial charge in [-0.25, -0.2) is 0 Å². The van der Waals surface area contributed by atoms with Gasteiger partial charge in [-0.3, -0.25) is 9.69 Å². The zero-order valence-electron chi connectivity index (χ0n) is 12.0. The van der Waals surface area contributed by atoms with E-state index in [4.69, 9.17) is 9.52 Å². The summed E-state index contributed by atoms with van der Waals surface area (Å²) in [6, 6.07) is 14.1. The Kier molecular flexibility index (Phi) is 3.80. The van der Waals surface area contributed by atoms with E-state index in [1.165, 1.54) is 5.56 Å². The largest absolute Gasteiger partial charge is 0.481 e. The molecule has 4 nitrogen and oxygen atoms in total. The van der Waals surface area contributed by atoms with Crippen LogP contribution >= 0.6 is 0 Å². The number of rotatable bonds is 5. The van der Waals surface area contributed by atoms with Crippen molar-refractivity contribution in [3.8, 4) is 0 Å². The molecule has 1 aromatic heterocycles. The lowest BCUT2D eigenvalue weighted by molar-refractivity contribution is -0.145. The Morgan fingerprint density at radius 2 is 1.95 bits per heavy atom. The number of hydrogen-bond acceptors (Lipinski definition) is 3. The van der Waals surface area contributed by atoms with E-state index in [1.807, 2.05) is 30.3 Å². The molecule has 1 saturated heterocycles. The smallest absolute Gasteiger partial charge is 0.306 e. The van der Waals surface area contributed by atoms with Crippen molar-refractivity contribution in [2.75, 3.05) is 13.1 Å². The van der Waals surface area contributed by atoms with Gasteiger partial charge in [0, 0.05) is 13.1 Å². The van der Waals surface area contributed by atoms with Gasteiger partial charge < -0.3 is 9.52 Å². The molecule has 1 aliphatic heterocycles. The van der Waals surface area contributed by atoms with E-state index < -0.39 is 5.97 Å². The van der Waals surface area contributed by atoms with Gasteiger partial charge in [0.1, 0.15) is 5.76 Å². The molecule has 0 aliphatic carbocycles. The van der Waals surface area contributed by atoms with Crippen molar-refractivity contribution in [1.29, 1.82) is 0 Å². The van der Waals surface area contributed by atoms with Crippen molar-refractivity contribution in [1.82, 2.24) is 4.90 Å². The summed E-state index contributed by atoms with van der Waals surface area (Å²) in [6.07, 6.45) is 1.68. The van der Waals surface area contributed by atoms with Crippen molar-refractivity contribution in [3.63, 3.8) is 0 Å². The lowest BCUT2D eigenvalue weighted by Crippen LogP contribution is -2.52. The van der Waals surface area contributed by atoms with E-state index in [0.717, 1.165) is 18.8 Å². The first-order valence-electron chi connectivity index (χ1n) is 7.22. The van der Waals surface area contributed by atoms with Crippen molar-refractivity contribution in [3.05, 3.63) is 60.1 Å². The summed E-state index contributed by atoms with van der Waals surface area (Å²) in [6.45, 7) is 3.36. The lowest BCUT2D eigenvalue weighted by Gasteiger charge is -2.45. The molecule has 2 atom stereocenters. The normalized spacial score (nSPS) is 18.9. The first-order chi connectivity index (χ1) is 10.2. The topological polar surface area (TPSA) is 53.7 Å². The Balaban J connectivity index is 1.78. The van der Waals surface area contributed by atoms with Gasteiger partial charge in [-0.15, -0.1) is 0 Å². The Labute approximate surface area is 124 Å². The van der Waals surface area contributed by atoms with Crippen LogP contribution in [0.15, 0.2) is 53.1 Å². The second kappa shape index (κ2) is 5.74. The summed E-state index contributed by atoms with van der Waals surface area (Å²) >= 11 is 0. The maximum absolute atomic E-state index is 11.1. The van der Waals surface area contributed by atoms with Crippen LogP contribution in [-0.2, 0) is 4.79 Å². The van der Waals surface area contributed by atoms with Gasteiger partial charge in [0.15, 0.2) is 0 Å². The molecule has 4 heteroatoms. The van der Waals surface area contributed by atoms with Crippen LogP contribution in [0.2, 0.25) is 0 Å². The molecule has 1 aliphatic rings. The van der Waals surface area contributed by atoms with Gasteiger partial charge >= 0.3 is 5.97 Å². The molecule has 2 unspecified atom stereocenters. The highest BCUT2D eigenvalue weighted by Crippen LogP contribution is 2.36. The number of nitrogens with zero attached hydrogens (tertiary/aromatic N) is 1. The van der Waals surface area contributed by atoms with Crippen molar-refractivity contribution < 1.29 is 14.3 Å². The van der Waals surface area contributed by atoms with Gasteiger partial charge in [-0.2, -0.15) is 0 Å². The summed E-state index contributed by atoms with van der Waals surface area (Å²) in [5.41, 5.74) is 1.17. The highest BCUT2D eigenvalue weighted by atomic mass is 16.4. The standard InChI is InChI=1S/C17H19NO3/c1-12(17(19)20)14-10-18(11-14)16(15-8-5-9-21-15)13-6-3-2-4-7-13/h2-9,12,14,16H,10-11H2,1H3,(H,19,20). The van der Waals surface area contributed by atoms with Crippen LogP contribution in [0, 0.1) is 11.8 Å². The highest BCUT2D eigenvalue weighted by Gasteiger charge is 2.39. The average molecular weight is 285 g/mol. The predicted octanol–water partition coefficient (Wildman–Crippen LogP) is 3.02. The van der Waals surface area contributed by atoms with E-state index in [0.29, 0.717) is 0 Å². The van der Waals surface area contributed by atoms with Crippen molar-refractivity contribution >= 4 is 5.97 Å². The number of likely N-dealkylation sites (tertiary alicyclic amines) is 1. The van der Waals surface area contributed by atoms with E-state index in [2.05, 4.69) is 17.0 Å². The molecule has 110 valence electrons. The molecule has 1 aromatic carbocycles. The van der Waals surface area contributed by atoms with E-state index in [-0.39, 0.29) is 17.9 Å². The number of carboxylic acids is 1. The first kappa shape index (κ1) is 13.9. The molecule has 21 heavy (non-hydrogen) atoms. The van der Waals surface area contributed by atoms with Crippen LogP contribution < -0.4 is 0 Å². The maximum atomic E-state index is 11.1. The van der Waals surface area contributed by atoms with Gasteiger partial charge in [-0.1, -0.05) is 37.3 Å². The minimum Gasteiger partial charge on any atom is -0.481 e. The highest BCUT2D eigenvalue weighted by molar-refractivity contribution is 5.70. The molecular weight excluding hydrogens is 266 g/mol. The van der Waals surface area contributed by atoms with Gasteiger partial charge in [0.05, 0.1) is 18.2 Å². The number of furan rings is 1. The molecule has 0 amide bonds. The molecule has 1 N–H and O–H groups in total. The summed E-state index contributed by atoms with van der Waals surface area (Å²) < 4.78 is 5.59. The van der Waals surface area contributed by atoms with E-state index in [9.17, 15) is 4.79 Å². The quantitative estimate of drug-likeness (QED) is 0.917. The number of aliphatic carboxylic acids is 1.